The van der Waals surface area contributed by atoms with Gasteiger partial charge in [-0.1, -0.05) is 29.8 Å². The summed E-state index contributed by atoms with van der Waals surface area (Å²) in [4.78, 5) is 51.7. The molecule has 0 spiro atoms. The summed E-state index contributed by atoms with van der Waals surface area (Å²) in [5.74, 6) is -20.8. The van der Waals surface area contributed by atoms with Crippen molar-refractivity contribution in [1.82, 2.24) is 4.90 Å². The fourth-order valence-corrected chi connectivity index (χ4v) is 8.51. The van der Waals surface area contributed by atoms with Crippen molar-refractivity contribution in [3.63, 3.8) is 0 Å². The normalized spacial score (nSPS) is 30.4. The summed E-state index contributed by atoms with van der Waals surface area (Å²) in [5, 5.41) is 9.44. The second kappa shape index (κ2) is 11.0. The van der Waals surface area contributed by atoms with E-state index in [-0.39, 0.29) is 29.2 Å². The molecule has 2 aromatic carbocycles. The first-order valence-electron chi connectivity index (χ1n) is 14.6. The van der Waals surface area contributed by atoms with E-state index in [1.165, 1.54) is 18.2 Å². The van der Waals surface area contributed by atoms with E-state index in [9.17, 15) is 37.5 Å². The second-order valence-electron chi connectivity index (χ2n) is 13.0. The van der Waals surface area contributed by atoms with Gasteiger partial charge in [0.15, 0.2) is 33.0 Å². The minimum Gasteiger partial charge on any atom is -0.491 e. The van der Waals surface area contributed by atoms with Gasteiger partial charge in [0.1, 0.15) is 18.0 Å². The molecule has 8 nitrogen and oxygen atoms in total. The predicted molar refractivity (Wildman–Crippen MR) is 157 cm³/mol. The number of anilines is 1. The van der Waals surface area contributed by atoms with E-state index in [2.05, 4.69) is 0 Å². The Morgan fingerprint density at radius 2 is 1.49 bits per heavy atom. The smallest absolute Gasteiger partial charge is 0.258 e. The summed E-state index contributed by atoms with van der Waals surface area (Å²) in [6, 6.07) is 6.02. The average molecular weight is 701 g/mol. The Bertz CT molecular complexity index is 1770. The fourth-order valence-electron chi connectivity index (χ4n) is 7.58. The third kappa shape index (κ3) is 4.34. The first-order valence-corrected chi connectivity index (χ1v) is 15.4. The standard InChI is InChI=1S/C32H27Cl2F5N2O6/c1-30(2,3)41-26(43)15-9-8-13-16(18(15)27(41)44)12-31(33)28(45)40(25-23(38)21(36)20(35)22(37)24(25)39)29(46)32(31,34)19(13)14-6-4-5-7-17(14)47-11-10-42/h4-8,15-16,18-19,42H,9-12H2,1-3H3/t15-,16+,18-,19+,31+,32-/m0/s1. The number of likely N-dealkylation sites (tertiary alicyclic amines) is 1. The highest BCUT2D eigenvalue weighted by Gasteiger charge is 2.77. The number of imide groups is 2. The van der Waals surface area contributed by atoms with Crippen LogP contribution >= 0.6 is 23.2 Å². The molecule has 2 aliphatic carbocycles. The Labute approximate surface area is 275 Å². The lowest BCUT2D eigenvalue weighted by Crippen LogP contribution is -2.60. The SMILES string of the molecule is CC(C)(C)N1C(=O)[C@H]2[C@H](CC=C3[C@H]2C[C@@]2(Cl)C(=O)N(c4c(F)c(F)c(F)c(F)c4F)C(=O)[C@@]2(Cl)[C@H]3c2ccccc2OCCO)C1=O. The van der Waals surface area contributed by atoms with Crippen LogP contribution in [-0.4, -0.2) is 62.1 Å². The van der Waals surface area contributed by atoms with Gasteiger partial charge in [-0.15, -0.1) is 23.2 Å². The van der Waals surface area contributed by atoms with Crippen molar-refractivity contribution in [2.45, 2.75) is 54.8 Å². The van der Waals surface area contributed by atoms with Crippen LogP contribution in [0.1, 0.15) is 45.1 Å². The lowest BCUT2D eigenvalue weighted by atomic mass is 9.56. The van der Waals surface area contributed by atoms with Crippen molar-refractivity contribution in [3.8, 4) is 5.75 Å². The van der Waals surface area contributed by atoms with E-state index in [1.807, 2.05) is 0 Å². The minimum absolute atomic E-state index is 0.0234. The molecule has 0 radical (unpaired) electrons. The number of nitrogens with zero attached hydrogens (tertiary/aromatic N) is 2. The monoisotopic (exact) mass is 700 g/mol. The molecule has 0 unspecified atom stereocenters. The molecule has 2 saturated heterocycles. The number of allylic oxidation sites excluding steroid dienone is 2. The number of halogens is 7. The maximum absolute atomic E-state index is 15.2. The highest BCUT2D eigenvalue weighted by Crippen LogP contribution is 2.66. The van der Waals surface area contributed by atoms with E-state index in [0.29, 0.717) is 5.57 Å². The molecule has 1 N–H and O–H groups in total. The molecule has 2 aromatic rings. The van der Waals surface area contributed by atoms with Crippen LogP contribution in [0.25, 0.3) is 0 Å². The highest BCUT2D eigenvalue weighted by atomic mass is 35.5. The number of benzene rings is 2. The minimum atomic E-state index is -2.67. The summed E-state index contributed by atoms with van der Waals surface area (Å²) < 4.78 is 78.8. The Hall–Kier alpha value is -3.55. The van der Waals surface area contributed by atoms with Gasteiger partial charge in [0.2, 0.25) is 17.6 Å². The van der Waals surface area contributed by atoms with E-state index < -0.39 is 110 Å². The number of carbonyl (C=O) groups excluding carboxylic acids is 4. The zero-order valence-corrected chi connectivity index (χ0v) is 26.6. The highest BCUT2D eigenvalue weighted by molar-refractivity contribution is 6.58. The predicted octanol–water partition coefficient (Wildman–Crippen LogP) is 5.12. The van der Waals surface area contributed by atoms with Gasteiger partial charge in [-0.05, 0) is 45.6 Å². The zero-order chi connectivity index (χ0) is 34.5. The Morgan fingerprint density at radius 3 is 2.09 bits per heavy atom. The number of aliphatic hydroxyl groups is 1. The first-order chi connectivity index (χ1) is 21.9. The summed E-state index contributed by atoms with van der Waals surface area (Å²) in [7, 11) is 0. The fraction of sp³-hybridized carbons (Fsp3) is 0.438. The van der Waals surface area contributed by atoms with Crippen LogP contribution in [0, 0.1) is 46.8 Å². The van der Waals surface area contributed by atoms with Crippen LogP contribution in [0.5, 0.6) is 5.75 Å². The van der Waals surface area contributed by atoms with E-state index >= 15 is 8.78 Å². The lowest BCUT2D eigenvalue weighted by molar-refractivity contribution is -0.145. The molecule has 2 heterocycles. The third-order valence-corrected chi connectivity index (χ3v) is 10.9. The molecule has 15 heteroatoms. The van der Waals surface area contributed by atoms with Crippen LogP contribution in [0.4, 0.5) is 27.6 Å². The van der Waals surface area contributed by atoms with Crippen molar-refractivity contribution in [1.29, 1.82) is 0 Å². The molecular formula is C32H27Cl2F5N2O6. The molecule has 3 fully saturated rings. The number of amides is 4. The number of alkyl halides is 2. The number of hydrogen-bond donors (Lipinski definition) is 1. The Kier molecular flexibility index (Phi) is 7.80. The summed E-state index contributed by atoms with van der Waals surface area (Å²) in [5.41, 5.74) is -2.36. The van der Waals surface area contributed by atoms with Gasteiger partial charge in [0, 0.05) is 17.0 Å². The number of para-hydroxylation sites is 1. The molecule has 0 aromatic heterocycles. The molecule has 4 aliphatic rings. The van der Waals surface area contributed by atoms with Gasteiger partial charge in [-0.2, -0.15) is 0 Å². The Morgan fingerprint density at radius 1 is 0.894 bits per heavy atom. The molecule has 250 valence electrons. The van der Waals surface area contributed by atoms with E-state index in [4.69, 9.17) is 27.9 Å². The average Bonchev–Trinajstić information content (AvgIpc) is 3.37. The second-order valence-corrected chi connectivity index (χ2v) is 14.2. The topological polar surface area (TPSA) is 104 Å². The third-order valence-electron chi connectivity index (χ3n) is 9.47. The number of aliphatic hydroxyl groups excluding tert-OH is 1. The van der Waals surface area contributed by atoms with Crippen molar-refractivity contribution in [2.24, 2.45) is 17.8 Å². The molecule has 1 saturated carbocycles. The van der Waals surface area contributed by atoms with Gasteiger partial charge in [-0.3, -0.25) is 24.1 Å². The zero-order valence-electron chi connectivity index (χ0n) is 25.1. The molecule has 4 amide bonds. The van der Waals surface area contributed by atoms with E-state index in [1.54, 1.807) is 32.9 Å². The van der Waals surface area contributed by atoms with Crippen LogP contribution in [0.15, 0.2) is 35.9 Å². The van der Waals surface area contributed by atoms with E-state index in [0.717, 1.165) is 4.90 Å². The van der Waals surface area contributed by atoms with Crippen molar-refractivity contribution in [3.05, 3.63) is 70.6 Å². The number of ether oxygens (including phenoxy) is 1. The largest absolute Gasteiger partial charge is 0.491 e. The summed E-state index contributed by atoms with van der Waals surface area (Å²) >= 11 is 14.3. The number of carbonyl (C=O) groups is 4. The number of fused-ring (bicyclic) bond motifs is 4. The maximum atomic E-state index is 15.2. The molecule has 47 heavy (non-hydrogen) atoms. The summed E-state index contributed by atoms with van der Waals surface area (Å²) in [6.07, 6.45) is 1.03. The quantitative estimate of drug-likeness (QED) is 0.116. The lowest BCUT2D eigenvalue weighted by Gasteiger charge is -2.51. The molecule has 6 rings (SSSR count). The van der Waals surface area contributed by atoms with Gasteiger partial charge < -0.3 is 9.84 Å². The van der Waals surface area contributed by atoms with Crippen LogP contribution in [-0.2, 0) is 19.2 Å². The molecule has 0 bridgehead atoms. The Balaban J connectivity index is 1.61. The van der Waals surface area contributed by atoms with Crippen molar-refractivity contribution < 1.29 is 51.0 Å². The van der Waals surface area contributed by atoms with Crippen LogP contribution in [0.3, 0.4) is 0 Å². The molecule has 2 aliphatic heterocycles. The molecule has 6 atom stereocenters. The first kappa shape index (κ1) is 33.4. The van der Waals surface area contributed by atoms with Crippen molar-refractivity contribution >= 4 is 52.5 Å². The summed E-state index contributed by atoms with van der Waals surface area (Å²) in [6.45, 7) is 4.35. The van der Waals surface area contributed by atoms with Crippen LogP contribution < -0.4 is 9.64 Å². The van der Waals surface area contributed by atoms with Gasteiger partial charge in [0.05, 0.1) is 18.4 Å². The van der Waals surface area contributed by atoms with Crippen LogP contribution in [0.2, 0.25) is 0 Å². The number of hydrogen-bond acceptors (Lipinski definition) is 6. The molecular weight excluding hydrogens is 674 g/mol. The van der Waals surface area contributed by atoms with Crippen molar-refractivity contribution in [2.75, 3.05) is 18.1 Å². The van der Waals surface area contributed by atoms with Gasteiger partial charge >= 0.3 is 0 Å². The maximum Gasteiger partial charge on any atom is 0.258 e. The van der Waals surface area contributed by atoms with Gasteiger partial charge in [0.25, 0.3) is 11.8 Å². The number of rotatable bonds is 5. The van der Waals surface area contributed by atoms with Gasteiger partial charge in [-0.25, -0.2) is 26.9 Å².